The number of carbonyl (C=O) groups is 1. The molecule has 0 fully saturated rings. The molecule has 3 rings (SSSR count). The van der Waals surface area contributed by atoms with Gasteiger partial charge in [0.15, 0.2) is 0 Å². The van der Waals surface area contributed by atoms with Crippen molar-refractivity contribution in [1.82, 2.24) is 9.97 Å². The highest BCUT2D eigenvalue weighted by Crippen LogP contribution is 2.19. The van der Waals surface area contributed by atoms with Gasteiger partial charge in [0.25, 0.3) is 0 Å². The van der Waals surface area contributed by atoms with Crippen molar-refractivity contribution in [3.8, 4) is 0 Å². The lowest BCUT2D eigenvalue weighted by atomic mass is 10.2. The minimum Gasteiger partial charge on any atom is -0.350 e. The second-order valence-corrected chi connectivity index (χ2v) is 6.07. The Morgan fingerprint density at radius 3 is 2.62 bits per heavy atom. The van der Waals surface area contributed by atoms with E-state index in [0.717, 1.165) is 16.9 Å². The van der Waals surface area contributed by atoms with Crippen molar-refractivity contribution in [2.75, 3.05) is 16.0 Å². The van der Waals surface area contributed by atoms with Crippen molar-refractivity contribution >= 4 is 40.6 Å². The third kappa shape index (κ3) is 5.19. The minimum absolute atomic E-state index is 0.113. The molecule has 0 aliphatic carbocycles. The molecule has 132 valence electrons. The Kier molecular flexibility index (Phi) is 5.66. The van der Waals surface area contributed by atoms with Crippen LogP contribution in [0, 0.1) is 0 Å². The van der Waals surface area contributed by atoms with Crippen molar-refractivity contribution in [3.05, 3.63) is 71.4 Å². The lowest BCUT2D eigenvalue weighted by Crippen LogP contribution is -2.06. The molecule has 0 aliphatic rings. The number of aromatic nitrogens is 2. The van der Waals surface area contributed by atoms with E-state index in [1.54, 1.807) is 12.3 Å². The van der Waals surface area contributed by atoms with Crippen LogP contribution in [0.2, 0.25) is 5.02 Å². The number of hydrogen-bond donors (Lipinski definition) is 3. The molecule has 0 spiro atoms. The first-order chi connectivity index (χ1) is 12.6. The topological polar surface area (TPSA) is 78.9 Å². The summed E-state index contributed by atoms with van der Waals surface area (Å²) < 4.78 is 0. The van der Waals surface area contributed by atoms with Crippen LogP contribution in [-0.4, -0.2) is 15.9 Å². The number of hydrogen-bond acceptors (Lipinski definition) is 5. The van der Waals surface area contributed by atoms with Crippen LogP contribution in [0.15, 0.2) is 60.8 Å². The summed E-state index contributed by atoms with van der Waals surface area (Å²) in [4.78, 5) is 19.8. The van der Waals surface area contributed by atoms with E-state index in [2.05, 4.69) is 25.9 Å². The van der Waals surface area contributed by atoms with Crippen molar-refractivity contribution in [2.24, 2.45) is 0 Å². The maximum Gasteiger partial charge on any atom is 0.224 e. The van der Waals surface area contributed by atoms with E-state index in [1.165, 1.54) is 6.92 Å². The third-order valence-corrected chi connectivity index (χ3v) is 3.73. The van der Waals surface area contributed by atoms with Crippen LogP contribution in [0.25, 0.3) is 0 Å². The predicted octanol–water partition coefficient (Wildman–Crippen LogP) is 4.44. The molecule has 3 N–H and O–H groups in total. The van der Waals surface area contributed by atoms with E-state index in [0.29, 0.717) is 23.3 Å². The van der Waals surface area contributed by atoms with Gasteiger partial charge >= 0.3 is 0 Å². The number of anilines is 4. The minimum atomic E-state index is -0.113. The van der Waals surface area contributed by atoms with Crippen LogP contribution in [0.1, 0.15) is 12.5 Å². The molecule has 1 aromatic heterocycles. The largest absolute Gasteiger partial charge is 0.350 e. The molecule has 7 heteroatoms. The molecule has 26 heavy (non-hydrogen) atoms. The summed E-state index contributed by atoms with van der Waals surface area (Å²) in [6.45, 7) is 2.07. The molecule has 3 aromatic rings. The van der Waals surface area contributed by atoms with Gasteiger partial charge in [-0.3, -0.25) is 4.79 Å². The first kappa shape index (κ1) is 17.7. The fraction of sp³-hybridized carbons (Fsp3) is 0.105. The van der Waals surface area contributed by atoms with Gasteiger partial charge < -0.3 is 16.0 Å². The summed E-state index contributed by atoms with van der Waals surface area (Å²) >= 11 is 5.89. The predicted molar refractivity (Wildman–Crippen MR) is 105 cm³/mol. The average Bonchev–Trinajstić information content (AvgIpc) is 2.61. The van der Waals surface area contributed by atoms with Crippen molar-refractivity contribution in [3.63, 3.8) is 0 Å². The number of halogens is 1. The number of amides is 1. The molecule has 2 aromatic carbocycles. The number of nitrogens with one attached hydrogen (secondary N) is 3. The van der Waals surface area contributed by atoms with Crippen LogP contribution in [-0.2, 0) is 11.3 Å². The Hall–Kier alpha value is -3.12. The molecule has 0 saturated carbocycles. The SMILES string of the molecule is CC(=O)Nc1cccc(Nc2ccnc(NCc3ccc(Cl)cc3)n2)c1. The highest BCUT2D eigenvalue weighted by molar-refractivity contribution is 6.30. The molecule has 1 heterocycles. The summed E-state index contributed by atoms with van der Waals surface area (Å²) in [5.74, 6) is 1.06. The van der Waals surface area contributed by atoms with Crippen LogP contribution >= 0.6 is 11.6 Å². The van der Waals surface area contributed by atoms with E-state index in [4.69, 9.17) is 11.6 Å². The van der Waals surface area contributed by atoms with Gasteiger partial charge in [-0.1, -0.05) is 29.8 Å². The van der Waals surface area contributed by atoms with Crippen molar-refractivity contribution < 1.29 is 4.79 Å². The molecule has 1 amide bonds. The summed E-state index contributed by atoms with van der Waals surface area (Å²) in [6.07, 6.45) is 1.68. The van der Waals surface area contributed by atoms with E-state index in [1.807, 2.05) is 48.5 Å². The number of nitrogens with zero attached hydrogens (tertiary/aromatic N) is 2. The van der Waals surface area contributed by atoms with Crippen molar-refractivity contribution in [2.45, 2.75) is 13.5 Å². The average molecular weight is 368 g/mol. The van der Waals surface area contributed by atoms with E-state index < -0.39 is 0 Å². The highest BCUT2D eigenvalue weighted by atomic mass is 35.5. The van der Waals surface area contributed by atoms with E-state index in [9.17, 15) is 4.79 Å². The third-order valence-electron chi connectivity index (χ3n) is 3.47. The zero-order valence-corrected chi connectivity index (χ0v) is 14.9. The van der Waals surface area contributed by atoms with Gasteiger partial charge in [0.2, 0.25) is 11.9 Å². The van der Waals surface area contributed by atoms with Gasteiger partial charge in [0.1, 0.15) is 5.82 Å². The molecule has 0 bridgehead atoms. The van der Waals surface area contributed by atoms with Crippen molar-refractivity contribution in [1.29, 1.82) is 0 Å². The maximum absolute atomic E-state index is 11.2. The Bertz CT molecular complexity index is 898. The summed E-state index contributed by atoms with van der Waals surface area (Å²) in [7, 11) is 0. The van der Waals surface area contributed by atoms with Crippen LogP contribution in [0.5, 0.6) is 0 Å². The smallest absolute Gasteiger partial charge is 0.224 e. The van der Waals surface area contributed by atoms with Gasteiger partial charge in [0.05, 0.1) is 0 Å². The van der Waals surface area contributed by atoms with Gasteiger partial charge in [-0.05, 0) is 42.0 Å². The Morgan fingerprint density at radius 2 is 1.85 bits per heavy atom. The lowest BCUT2D eigenvalue weighted by Gasteiger charge is -2.10. The van der Waals surface area contributed by atoms with Gasteiger partial charge in [-0.15, -0.1) is 0 Å². The molecule has 0 aliphatic heterocycles. The van der Waals surface area contributed by atoms with Crippen LogP contribution in [0.4, 0.5) is 23.1 Å². The highest BCUT2D eigenvalue weighted by Gasteiger charge is 2.02. The number of carbonyl (C=O) groups excluding carboxylic acids is 1. The molecular weight excluding hydrogens is 350 g/mol. The second kappa shape index (κ2) is 8.31. The zero-order valence-electron chi connectivity index (χ0n) is 14.2. The fourth-order valence-electron chi connectivity index (χ4n) is 2.32. The molecule has 0 unspecified atom stereocenters. The molecule has 0 radical (unpaired) electrons. The quantitative estimate of drug-likeness (QED) is 0.600. The molecule has 0 atom stereocenters. The van der Waals surface area contributed by atoms with E-state index in [-0.39, 0.29) is 5.91 Å². The monoisotopic (exact) mass is 367 g/mol. The first-order valence-electron chi connectivity index (χ1n) is 8.04. The van der Waals surface area contributed by atoms with Crippen LogP contribution in [0.3, 0.4) is 0 Å². The fourth-order valence-corrected chi connectivity index (χ4v) is 2.45. The number of rotatable bonds is 6. The molecular formula is C19H18ClN5O. The molecule has 6 nitrogen and oxygen atoms in total. The Labute approximate surface area is 156 Å². The second-order valence-electron chi connectivity index (χ2n) is 5.63. The summed E-state index contributed by atoms with van der Waals surface area (Å²) in [5.41, 5.74) is 2.62. The Balaban J connectivity index is 1.65. The van der Waals surface area contributed by atoms with Gasteiger partial charge in [-0.2, -0.15) is 4.98 Å². The lowest BCUT2D eigenvalue weighted by molar-refractivity contribution is -0.114. The number of benzene rings is 2. The first-order valence-corrected chi connectivity index (χ1v) is 8.42. The van der Waals surface area contributed by atoms with Gasteiger partial charge in [-0.25, -0.2) is 4.98 Å². The van der Waals surface area contributed by atoms with E-state index >= 15 is 0 Å². The Morgan fingerprint density at radius 1 is 1.08 bits per heavy atom. The van der Waals surface area contributed by atoms with Gasteiger partial charge in [0, 0.05) is 36.1 Å². The maximum atomic E-state index is 11.2. The molecule has 0 saturated heterocycles. The normalized spacial score (nSPS) is 10.2. The zero-order chi connectivity index (χ0) is 18.4. The van der Waals surface area contributed by atoms with Crippen LogP contribution < -0.4 is 16.0 Å². The summed E-state index contributed by atoms with van der Waals surface area (Å²) in [6, 6.07) is 16.8. The summed E-state index contributed by atoms with van der Waals surface area (Å²) in [5, 5.41) is 9.84. The standard InChI is InChI=1S/C19H18ClN5O/c1-13(26)23-16-3-2-4-17(11-16)24-18-9-10-21-19(25-18)22-12-14-5-7-15(20)8-6-14/h2-11H,12H2,1H3,(H,23,26)(H2,21,22,24,25).